The van der Waals surface area contributed by atoms with Crippen molar-refractivity contribution >= 4 is 17.1 Å². The number of azo groups is 1. The van der Waals surface area contributed by atoms with Crippen molar-refractivity contribution in [3.8, 4) is 11.5 Å². The molecule has 0 unspecified atom stereocenters. The van der Waals surface area contributed by atoms with E-state index in [-0.39, 0.29) is 17.2 Å². The Morgan fingerprint density at radius 1 is 0.952 bits per heavy atom. The third-order valence-electron chi connectivity index (χ3n) is 2.70. The maximum absolute atomic E-state index is 11.0. The second-order valence-corrected chi connectivity index (χ2v) is 3.96. The Morgan fingerprint density at radius 2 is 1.62 bits per heavy atom. The van der Waals surface area contributed by atoms with Gasteiger partial charge in [0.1, 0.15) is 5.69 Å². The smallest absolute Gasteiger partial charge is 0.315 e. The highest BCUT2D eigenvalue weighted by atomic mass is 16.6. The molecule has 108 valence electrons. The third kappa shape index (κ3) is 3.14. The van der Waals surface area contributed by atoms with E-state index in [2.05, 4.69) is 10.2 Å². The molecule has 0 N–H and O–H groups in total. The molecule has 0 heterocycles. The Bertz CT molecular complexity index is 671. The summed E-state index contributed by atoms with van der Waals surface area (Å²) in [5, 5.41) is 19.1. The Morgan fingerprint density at radius 3 is 2.19 bits per heavy atom. The van der Waals surface area contributed by atoms with Gasteiger partial charge in [-0.2, -0.15) is 5.11 Å². The van der Waals surface area contributed by atoms with Gasteiger partial charge in [-0.25, -0.2) is 0 Å². The molecule has 0 fully saturated rings. The summed E-state index contributed by atoms with van der Waals surface area (Å²) in [7, 11) is 2.73. The van der Waals surface area contributed by atoms with Gasteiger partial charge in [-0.15, -0.1) is 5.11 Å². The minimum absolute atomic E-state index is 0.0204. The molecule has 0 saturated carbocycles. The van der Waals surface area contributed by atoms with Crippen molar-refractivity contribution in [2.24, 2.45) is 10.2 Å². The summed E-state index contributed by atoms with van der Waals surface area (Å²) in [5.41, 5.74) is 0.827. The summed E-state index contributed by atoms with van der Waals surface area (Å²) in [5.74, 6) is 0.193. The monoisotopic (exact) mass is 287 g/mol. The number of nitro benzene ring substituents is 1. The predicted octanol–water partition coefficient (Wildman–Crippen LogP) is 4.03. The molecule has 0 aliphatic carbocycles. The van der Waals surface area contributed by atoms with Crippen molar-refractivity contribution in [1.82, 2.24) is 0 Å². The zero-order valence-corrected chi connectivity index (χ0v) is 11.5. The Hall–Kier alpha value is -2.96. The first kappa shape index (κ1) is 14.4. The van der Waals surface area contributed by atoms with E-state index >= 15 is 0 Å². The molecule has 2 aromatic rings. The number of hydrogen-bond donors (Lipinski definition) is 0. The zero-order valence-electron chi connectivity index (χ0n) is 11.5. The highest BCUT2D eigenvalue weighted by molar-refractivity contribution is 5.67. The second-order valence-electron chi connectivity index (χ2n) is 3.96. The van der Waals surface area contributed by atoms with E-state index in [9.17, 15) is 10.1 Å². The topological polar surface area (TPSA) is 86.3 Å². The van der Waals surface area contributed by atoms with Crippen LogP contribution in [-0.2, 0) is 0 Å². The molecule has 7 heteroatoms. The summed E-state index contributed by atoms with van der Waals surface area (Å²) in [4.78, 5) is 10.4. The van der Waals surface area contributed by atoms with Gasteiger partial charge >= 0.3 is 5.69 Å². The van der Waals surface area contributed by atoms with Crippen LogP contribution in [0.4, 0.5) is 17.1 Å². The van der Waals surface area contributed by atoms with Crippen LogP contribution in [0, 0.1) is 10.1 Å². The fraction of sp³-hybridized carbons (Fsp3) is 0.143. The van der Waals surface area contributed by atoms with Crippen LogP contribution in [0.3, 0.4) is 0 Å². The Balaban J connectivity index is 2.45. The normalized spacial score (nSPS) is 10.6. The Labute approximate surface area is 121 Å². The van der Waals surface area contributed by atoms with Gasteiger partial charge in [-0.3, -0.25) is 10.1 Å². The number of methoxy groups -OCH3 is 2. The van der Waals surface area contributed by atoms with Gasteiger partial charge in [-0.1, -0.05) is 18.2 Å². The number of nitro groups is 1. The fourth-order valence-electron chi connectivity index (χ4n) is 1.77. The van der Waals surface area contributed by atoms with Crippen LogP contribution in [0.15, 0.2) is 52.7 Å². The average molecular weight is 287 g/mol. The highest BCUT2D eigenvalue weighted by Gasteiger charge is 2.22. The standard InChI is InChI=1S/C14H13N3O4/c1-20-13-11(16-15-10-6-4-3-5-7-10)8-9-12(17(18)19)14(13)21-2/h3-9H,1-2H3. The summed E-state index contributed by atoms with van der Waals surface area (Å²) in [6, 6.07) is 11.9. The van der Waals surface area contributed by atoms with Gasteiger partial charge in [0.15, 0.2) is 5.75 Å². The molecular formula is C14H13N3O4. The lowest BCUT2D eigenvalue weighted by Crippen LogP contribution is -1.96. The quantitative estimate of drug-likeness (QED) is 0.472. The predicted molar refractivity (Wildman–Crippen MR) is 76.8 cm³/mol. The van der Waals surface area contributed by atoms with Crippen LogP contribution < -0.4 is 9.47 Å². The van der Waals surface area contributed by atoms with Gasteiger partial charge < -0.3 is 9.47 Å². The molecule has 2 aromatic carbocycles. The van der Waals surface area contributed by atoms with E-state index in [4.69, 9.17) is 9.47 Å². The van der Waals surface area contributed by atoms with Gasteiger partial charge in [0.25, 0.3) is 0 Å². The molecule has 0 saturated heterocycles. The number of ether oxygens (including phenoxy) is 2. The van der Waals surface area contributed by atoms with Crippen LogP contribution in [0.5, 0.6) is 11.5 Å². The second kappa shape index (κ2) is 6.47. The van der Waals surface area contributed by atoms with Crippen LogP contribution >= 0.6 is 0 Å². The lowest BCUT2D eigenvalue weighted by atomic mass is 10.2. The lowest BCUT2D eigenvalue weighted by molar-refractivity contribution is -0.385. The van der Waals surface area contributed by atoms with E-state index in [1.54, 1.807) is 12.1 Å². The van der Waals surface area contributed by atoms with E-state index in [1.165, 1.54) is 26.4 Å². The molecule has 7 nitrogen and oxygen atoms in total. The number of rotatable bonds is 5. The molecule has 21 heavy (non-hydrogen) atoms. The van der Waals surface area contributed by atoms with E-state index in [0.29, 0.717) is 11.4 Å². The summed E-state index contributed by atoms with van der Waals surface area (Å²) in [6.45, 7) is 0. The van der Waals surface area contributed by atoms with Crippen LogP contribution in [0.25, 0.3) is 0 Å². The van der Waals surface area contributed by atoms with Crippen LogP contribution in [0.1, 0.15) is 0 Å². The highest BCUT2D eigenvalue weighted by Crippen LogP contribution is 2.44. The van der Waals surface area contributed by atoms with Crippen molar-refractivity contribution in [2.75, 3.05) is 14.2 Å². The van der Waals surface area contributed by atoms with Crippen molar-refractivity contribution in [2.45, 2.75) is 0 Å². The molecule has 0 aliphatic rings. The van der Waals surface area contributed by atoms with E-state index in [0.717, 1.165) is 0 Å². The lowest BCUT2D eigenvalue weighted by Gasteiger charge is -2.09. The molecular weight excluding hydrogens is 274 g/mol. The average Bonchev–Trinajstić information content (AvgIpc) is 2.52. The first-order valence-corrected chi connectivity index (χ1v) is 6.03. The Kier molecular flexibility index (Phi) is 4.45. The van der Waals surface area contributed by atoms with Gasteiger partial charge in [-0.05, 0) is 18.2 Å². The third-order valence-corrected chi connectivity index (χ3v) is 2.70. The molecule has 0 atom stereocenters. The van der Waals surface area contributed by atoms with Crippen molar-refractivity contribution < 1.29 is 14.4 Å². The fourth-order valence-corrected chi connectivity index (χ4v) is 1.77. The molecule has 0 amide bonds. The number of benzene rings is 2. The van der Waals surface area contributed by atoms with Crippen molar-refractivity contribution in [1.29, 1.82) is 0 Å². The SMILES string of the molecule is COc1c(N=Nc2ccccc2)ccc([N+](=O)[O-])c1OC. The number of hydrogen-bond acceptors (Lipinski definition) is 6. The number of nitrogens with zero attached hydrogens (tertiary/aromatic N) is 3. The largest absolute Gasteiger partial charge is 0.491 e. The molecule has 2 rings (SSSR count). The van der Waals surface area contributed by atoms with Gasteiger partial charge in [0.2, 0.25) is 5.75 Å². The summed E-state index contributed by atoms with van der Waals surface area (Å²) < 4.78 is 10.2. The molecule has 0 aromatic heterocycles. The van der Waals surface area contributed by atoms with E-state index < -0.39 is 4.92 Å². The first-order chi connectivity index (χ1) is 10.2. The molecule has 0 bridgehead atoms. The zero-order chi connectivity index (χ0) is 15.2. The molecule has 0 radical (unpaired) electrons. The first-order valence-electron chi connectivity index (χ1n) is 6.03. The maximum Gasteiger partial charge on any atom is 0.315 e. The molecule has 0 spiro atoms. The maximum atomic E-state index is 11.0. The minimum atomic E-state index is -0.542. The van der Waals surface area contributed by atoms with Gasteiger partial charge in [0, 0.05) is 6.07 Å². The van der Waals surface area contributed by atoms with Crippen LogP contribution in [-0.4, -0.2) is 19.1 Å². The minimum Gasteiger partial charge on any atom is -0.491 e. The molecule has 0 aliphatic heterocycles. The van der Waals surface area contributed by atoms with Gasteiger partial charge in [0.05, 0.1) is 24.8 Å². The van der Waals surface area contributed by atoms with E-state index in [1.807, 2.05) is 18.2 Å². The summed E-state index contributed by atoms with van der Waals surface area (Å²) in [6.07, 6.45) is 0. The van der Waals surface area contributed by atoms with Crippen molar-refractivity contribution in [3.63, 3.8) is 0 Å². The van der Waals surface area contributed by atoms with Crippen molar-refractivity contribution in [3.05, 3.63) is 52.6 Å². The summed E-state index contributed by atoms with van der Waals surface area (Å²) >= 11 is 0. The van der Waals surface area contributed by atoms with Crippen LogP contribution in [0.2, 0.25) is 0 Å².